The van der Waals surface area contributed by atoms with Crippen molar-refractivity contribution >= 4 is 26.0 Å². The van der Waals surface area contributed by atoms with Gasteiger partial charge in [0.05, 0.1) is 0 Å². The highest BCUT2D eigenvalue weighted by Crippen LogP contribution is 2.26. The summed E-state index contributed by atoms with van der Waals surface area (Å²) in [5.74, 6) is -0.361. The van der Waals surface area contributed by atoms with Crippen LogP contribution in [0.15, 0.2) is 24.3 Å². The van der Waals surface area contributed by atoms with Crippen molar-refractivity contribution in [3.63, 3.8) is 0 Å². The van der Waals surface area contributed by atoms with Gasteiger partial charge in [-0.15, -0.1) is 0 Å². The van der Waals surface area contributed by atoms with Gasteiger partial charge in [-0.25, -0.2) is 0 Å². The highest BCUT2D eigenvalue weighted by Gasteiger charge is 2.48. The highest BCUT2D eigenvalue weighted by molar-refractivity contribution is 9.09. The average Bonchev–Trinajstić information content (AvgIpc) is 2.19. The molecule has 0 aliphatic heterocycles. The van der Waals surface area contributed by atoms with Gasteiger partial charge in [0.2, 0.25) is 0 Å². The lowest BCUT2D eigenvalue weighted by atomic mass is 10.2. The zero-order chi connectivity index (χ0) is 13.1. The molecular formula is C9H8BrF3O3S. The Morgan fingerprint density at radius 1 is 1.18 bits per heavy atom. The molecular weight excluding hydrogens is 325 g/mol. The highest BCUT2D eigenvalue weighted by atomic mass is 79.9. The van der Waals surface area contributed by atoms with E-state index in [1.807, 2.05) is 0 Å². The second-order valence-electron chi connectivity index (χ2n) is 3.07. The van der Waals surface area contributed by atoms with Crippen LogP contribution in [-0.2, 0) is 16.5 Å². The van der Waals surface area contributed by atoms with E-state index in [0.717, 1.165) is 5.56 Å². The van der Waals surface area contributed by atoms with Gasteiger partial charge in [-0.2, -0.15) is 21.6 Å². The first-order valence-electron chi connectivity index (χ1n) is 4.42. The van der Waals surface area contributed by atoms with Gasteiger partial charge in [-0.3, -0.25) is 0 Å². The molecule has 0 aliphatic rings. The van der Waals surface area contributed by atoms with Crippen LogP contribution in [0.2, 0.25) is 0 Å². The van der Waals surface area contributed by atoms with Crippen LogP contribution < -0.4 is 4.18 Å². The summed E-state index contributed by atoms with van der Waals surface area (Å²) < 4.78 is 61.3. The minimum absolute atomic E-state index is 0.361. The molecule has 96 valence electrons. The molecule has 0 saturated heterocycles. The first-order chi connectivity index (χ1) is 7.76. The molecule has 0 amide bonds. The number of alkyl halides is 4. The zero-order valence-corrected chi connectivity index (χ0v) is 10.8. The van der Waals surface area contributed by atoms with Gasteiger partial charge in [0.1, 0.15) is 5.75 Å². The maximum Gasteiger partial charge on any atom is 0.534 e. The molecule has 0 N–H and O–H groups in total. The zero-order valence-electron chi connectivity index (χ0n) is 8.37. The second-order valence-corrected chi connectivity index (χ2v) is 5.40. The third-order valence-corrected chi connectivity index (χ3v) is 3.17. The van der Waals surface area contributed by atoms with Crippen molar-refractivity contribution in [2.75, 3.05) is 5.33 Å². The van der Waals surface area contributed by atoms with E-state index in [9.17, 15) is 21.6 Å². The Hall–Kier alpha value is -0.760. The van der Waals surface area contributed by atoms with Crippen molar-refractivity contribution in [2.24, 2.45) is 0 Å². The summed E-state index contributed by atoms with van der Waals surface area (Å²) in [5.41, 5.74) is -4.56. The van der Waals surface area contributed by atoms with Crippen molar-refractivity contribution in [2.45, 2.75) is 11.9 Å². The standard InChI is InChI=1S/C9H8BrF3O3S/c10-6-5-7-1-3-8(4-2-7)16-17(14,15)9(11,12)13/h1-4H,5-6H2. The summed E-state index contributed by atoms with van der Waals surface area (Å²) >= 11 is 3.20. The van der Waals surface area contributed by atoms with E-state index < -0.39 is 15.6 Å². The molecule has 0 aliphatic carbocycles. The van der Waals surface area contributed by atoms with E-state index in [2.05, 4.69) is 20.1 Å². The van der Waals surface area contributed by atoms with E-state index in [4.69, 9.17) is 0 Å². The van der Waals surface area contributed by atoms with Crippen molar-refractivity contribution in [1.29, 1.82) is 0 Å². The number of halogens is 4. The van der Waals surface area contributed by atoms with E-state index >= 15 is 0 Å². The first-order valence-corrected chi connectivity index (χ1v) is 6.95. The molecule has 1 rings (SSSR count). The molecule has 17 heavy (non-hydrogen) atoms. The van der Waals surface area contributed by atoms with Gasteiger partial charge in [0.15, 0.2) is 0 Å². The molecule has 0 atom stereocenters. The molecule has 8 heteroatoms. The number of hydrogen-bond donors (Lipinski definition) is 0. The van der Waals surface area contributed by atoms with Crippen molar-refractivity contribution in [3.05, 3.63) is 29.8 Å². The summed E-state index contributed by atoms with van der Waals surface area (Å²) in [6, 6.07) is 5.37. The van der Waals surface area contributed by atoms with Crippen LogP contribution in [0.25, 0.3) is 0 Å². The molecule has 1 aromatic carbocycles. The number of benzene rings is 1. The molecule has 0 bridgehead atoms. The minimum atomic E-state index is -5.59. The Kier molecular flexibility index (Phi) is 4.42. The summed E-state index contributed by atoms with van der Waals surface area (Å²) in [6.07, 6.45) is 0.687. The van der Waals surface area contributed by atoms with Crippen molar-refractivity contribution < 1.29 is 25.8 Å². The van der Waals surface area contributed by atoms with Gasteiger partial charge >= 0.3 is 15.6 Å². The van der Waals surface area contributed by atoms with Crippen molar-refractivity contribution in [3.8, 4) is 5.75 Å². The average molecular weight is 333 g/mol. The largest absolute Gasteiger partial charge is 0.534 e. The fraction of sp³-hybridized carbons (Fsp3) is 0.333. The van der Waals surface area contributed by atoms with E-state index in [1.54, 1.807) is 0 Å². The van der Waals surface area contributed by atoms with Gasteiger partial charge in [-0.05, 0) is 24.1 Å². The Labute approximate surface area is 105 Å². The fourth-order valence-corrected chi connectivity index (χ4v) is 1.91. The van der Waals surface area contributed by atoms with Crippen LogP contribution in [0.1, 0.15) is 5.56 Å². The van der Waals surface area contributed by atoms with Gasteiger partial charge in [0.25, 0.3) is 0 Å². The SMILES string of the molecule is O=S(=O)(Oc1ccc(CCBr)cc1)C(F)(F)F. The Balaban J connectivity index is 2.83. The fourth-order valence-electron chi connectivity index (χ4n) is 0.995. The minimum Gasteiger partial charge on any atom is -0.376 e. The van der Waals surface area contributed by atoms with Crippen LogP contribution in [-0.4, -0.2) is 19.3 Å². The summed E-state index contributed by atoms with van der Waals surface area (Å²) in [5, 5.41) is 0.702. The summed E-state index contributed by atoms with van der Waals surface area (Å²) in [4.78, 5) is 0. The maximum absolute atomic E-state index is 12.0. The third kappa shape index (κ3) is 3.88. The lowest BCUT2D eigenvalue weighted by Gasteiger charge is -2.09. The Morgan fingerprint density at radius 3 is 2.12 bits per heavy atom. The van der Waals surface area contributed by atoms with E-state index in [-0.39, 0.29) is 5.75 Å². The van der Waals surface area contributed by atoms with Crippen molar-refractivity contribution in [1.82, 2.24) is 0 Å². The lowest BCUT2D eigenvalue weighted by Crippen LogP contribution is -2.28. The second kappa shape index (κ2) is 5.26. The number of hydrogen-bond acceptors (Lipinski definition) is 3. The quantitative estimate of drug-likeness (QED) is 0.483. The Morgan fingerprint density at radius 2 is 1.71 bits per heavy atom. The molecule has 0 heterocycles. The van der Waals surface area contributed by atoms with E-state index in [0.29, 0.717) is 11.8 Å². The van der Waals surface area contributed by atoms with Gasteiger partial charge < -0.3 is 4.18 Å². The van der Waals surface area contributed by atoms with Crippen LogP contribution in [0.3, 0.4) is 0 Å². The summed E-state index contributed by atoms with van der Waals surface area (Å²) in [6.45, 7) is 0. The van der Waals surface area contributed by atoms with Gasteiger partial charge in [-0.1, -0.05) is 28.1 Å². The normalized spacial score (nSPS) is 12.5. The predicted molar refractivity (Wildman–Crippen MR) is 59.5 cm³/mol. The van der Waals surface area contributed by atoms with Gasteiger partial charge in [0, 0.05) is 5.33 Å². The molecule has 0 unspecified atom stereocenters. The monoisotopic (exact) mass is 332 g/mol. The smallest absolute Gasteiger partial charge is 0.376 e. The number of aryl methyl sites for hydroxylation is 1. The van der Waals surface area contributed by atoms with E-state index in [1.165, 1.54) is 24.3 Å². The number of rotatable bonds is 4. The molecule has 0 fully saturated rings. The molecule has 1 aromatic rings. The third-order valence-electron chi connectivity index (χ3n) is 1.80. The van der Waals surface area contributed by atoms with Crippen LogP contribution in [0.4, 0.5) is 13.2 Å². The molecule has 0 saturated carbocycles. The van der Waals surface area contributed by atoms with Crippen LogP contribution in [0.5, 0.6) is 5.75 Å². The molecule has 3 nitrogen and oxygen atoms in total. The topological polar surface area (TPSA) is 43.4 Å². The molecule has 0 spiro atoms. The predicted octanol–water partition coefficient (Wildman–Crippen LogP) is 2.85. The Bertz CT molecular complexity index is 467. The first kappa shape index (κ1) is 14.3. The van der Waals surface area contributed by atoms with Crippen LogP contribution >= 0.6 is 15.9 Å². The van der Waals surface area contributed by atoms with Crippen LogP contribution in [0, 0.1) is 0 Å². The lowest BCUT2D eigenvalue weighted by molar-refractivity contribution is -0.0500. The summed E-state index contributed by atoms with van der Waals surface area (Å²) in [7, 11) is -5.59. The molecule has 0 aromatic heterocycles. The maximum atomic E-state index is 12.0. The molecule has 0 radical (unpaired) electrons.